The average Bonchev–Trinajstić information content (AvgIpc) is 3.23. The summed E-state index contributed by atoms with van der Waals surface area (Å²) in [4.78, 5) is 22.0. The van der Waals surface area contributed by atoms with Crippen LogP contribution in [-0.2, 0) is 4.79 Å². The summed E-state index contributed by atoms with van der Waals surface area (Å²) in [6.45, 7) is 4.96. The summed E-state index contributed by atoms with van der Waals surface area (Å²) in [5, 5.41) is 4.19. The van der Waals surface area contributed by atoms with Gasteiger partial charge in [0.1, 0.15) is 0 Å². The number of aromatic nitrogens is 2. The summed E-state index contributed by atoms with van der Waals surface area (Å²) < 4.78 is 5.41. The van der Waals surface area contributed by atoms with E-state index in [1.807, 2.05) is 4.90 Å². The summed E-state index contributed by atoms with van der Waals surface area (Å²) in [5.74, 6) is 2.18. The van der Waals surface area contributed by atoms with Gasteiger partial charge in [0.25, 0.3) is 0 Å². The minimum absolute atomic E-state index is 0.00294. The summed E-state index contributed by atoms with van der Waals surface area (Å²) in [5.41, 5.74) is 0. The molecule has 2 aliphatic heterocycles. The molecule has 132 valence electrons. The maximum atomic E-state index is 13.1. The van der Waals surface area contributed by atoms with Gasteiger partial charge in [-0.1, -0.05) is 18.0 Å². The van der Waals surface area contributed by atoms with E-state index in [0.717, 1.165) is 51.2 Å². The summed E-state index contributed by atoms with van der Waals surface area (Å²) in [6, 6.07) is -0.0401. The topological polar surface area (TPSA) is 62.5 Å². The molecule has 2 atom stereocenters. The Kier molecular flexibility index (Phi) is 4.57. The van der Waals surface area contributed by atoms with E-state index in [1.165, 1.54) is 25.7 Å². The number of amides is 1. The van der Waals surface area contributed by atoms with Gasteiger partial charge in [0, 0.05) is 12.5 Å². The van der Waals surface area contributed by atoms with Crippen LogP contribution >= 0.6 is 0 Å². The van der Waals surface area contributed by atoms with E-state index >= 15 is 0 Å². The molecule has 6 heteroatoms. The van der Waals surface area contributed by atoms with Crippen LogP contribution in [0.5, 0.6) is 0 Å². The zero-order chi connectivity index (χ0) is 16.5. The van der Waals surface area contributed by atoms with Gasteiger partial charge in [0.15, 0.2) is 5.82 Å². The predicted octanol–water partition coefficient (Wildman–Crippen LogP) is 2.88. The number of hydrogen-bond acceptors (Lipinski definition) is 5. The first-order valence-electron chi connectivity index (χ1n) is 9.62. The van der Waals surface area contributed by atoms with E-state index < -0.39 is 0 Å². The monoisotopic (exact) mass is 332 g/mol. The summed E-state index contributed by atoms with van der Waals surface area (Å²) in [6.07, 6.45) is 9.26. The predicted molar refractivity (Wildman–Crippen MR) is 89.5 cm³/mol. The highest BCUT2D eigenvalue weighted by atomic mass is 16.5. The molecular formula is C18H28N4O2. The van der Waals surface area contributed by atoms with Crippen LogP contribution in [0.25, 0.3) is 0 Å². The molecule has 1 amide bonds. The van der Waals surface area contributed by atoms with Crippen LogP contribution in [0.2, 0.25) is 0 Å². The van der Waals surface area contributed by atoms with Gasteiger partial charge in [-0.25, -0.2) is 0 Å². The molecule has 0 aromatic carbocycles. The highest BCUT2D eigenvalue weighted by Gasteiger charge is 2.38. The molecule has 6 nitrogen and oxygen atoms in total. The number of carbonyl (C=O) groups is 1. The number of rotatable bonds is 4. The van der Waals surface area contributed by atoms with Crippen LogP contribution < -0.4 is 0 Å². The molecule has 0 N–H and O–H groups in total. The Bertz CT molecular complexity index is 575. The maximum absolute atomic E-state index is 13.1. The molecule has 0 unspecified atom stereocenters. The molecule has 1 aromatic rings. The first-order chi connectivity index (χ1) is 11.7. The molecule has 0 spiro atoms. The molecule has 1 aromatic heterocycles. The van der Waals surface area contributed by atoms with Crippen LogP contribution in [0.4, 0.5) is 0 Å². The van der Waals surface area contributed by atoms with Crippen molar-refractivity contribution in [3.8, 4) is 0 Å². The zero-order valence-corrected chi connectivity index (χ0v) is 14.6. The Labute approximate surface area is 143 Å². The van der Waals surface area contributed by atoms with Crippen molar-refractivity contribution < 1.29 is 9.32 Å². The van der Waals surface area contributed by atoms with Crippen molar-refractivity contribution in [2.75, 3.05) is 19.6 Å². The lowest BCUT2D eigenvalue weighted by Gasteiger charge is -2.32. The Balaban J connectivity index is 1.45. The third-order valence-corrected chi connectivity index (χ3v) is 5.76. The van der Waals surface area contributed by atoms with Crippen molar-refractivity contribution >= 4 is 5.91 Å². The molecule has 1 aliphatic carbocycles. The van der Waals surface area contributed by atoms with Gasteiger partial charge in [0.2, 0.25) is 11.8 Å². The van der Waals surface area contributed by atoms with E-state index in [2.05, 4.69) is 22.0 Å². The van der Waals surface area contributed by atoms with Gasteiger partial charge in [-0.2, -0.15) is 4.98 Å². The first-order valence-corrected chi connectivity index (χ1v) is 9.62. The van der Waals surface area contributed by atoms with Crippen LogP contribution in [0, 0.1) is 0 Å². The van der Waals surface area contributed by atoms with Crippen molar-refractivity contribution in [2.24, 2.45) is 0 Å². The molecule has 3 heterocycles. The maximum Gasteiger partial charge on any atom is 0.240 e. The Morgan fingerprint density at radius 3 is 2.54 bits per heavy atom. The van der Waals surface area contributed by atoms with Crippen LogP contribution in [-0.4, -0.2) is 51.5 Å². The number of nitrogens with zero attached hydrogens (tertiary/aromatic N) is 4. The van der Waals surface area contributed by atoms with Crippen molar-refractivity contribution in [1.29, 1.82) is 0 Å². The summed E-state index contributed by atoms with van der Waals surface area (Å²) >= 11 is 0. The highest BCUT2D eigenvalue weighted by Crippen LogP contribution is 2.40. The second-order valence-corrected chi connectivity index (χ2v) is 7.58. The normalized spacial score (nSPS) is 27.2. The Hall–Kier alpha value is -1.43. The molecule has 2 saturated heterocycles. The molecule has 24 heavy (non-hydrogen) atoms. The third kappa shape index (κ3) is 3.21. The Morgan fingerprint density at radius 2 is 1.83 bits per heavy atom. The summed E-state index contributed by atoms with van der Waals surface area (Å²) in [7, 11) is 0. The minimum atomic E-state index is -0.0431. The second-order valence-electron chi connectivity index (χ2n) is 7.58. The molecule has 0 radical (unpaired) electrons. The zero-order valence-electron chi connectivity index (χ0n) is 14.6. The van der Waals surface area contributed by atoms with Gasteiger partial charge in [0.05, 0.1) is 12.1 Å². The van der Waals surface area contributed by atoms with E-state index in [1.54, 1.807) is 0 Å². The van der Waals surface area contributed by atoms with Crippen molar-refractivity contribution in [1.82, 2.24) is 19.9 Å². The lowest BCUT2D eigenvalue weighted by atomic mass is 10.1. The molecule has 3 fully saturated rings. The fraction of sp³-hybridized carbons (Fsp3) is 0.833. The number of likely N-dealkylation sites (tertiary alicyclic amines) is 2. The Morgan fingerprint density at radius 1 is 1.08 bits per heavy atom. The number of carbonyl (C=O) groups excluding carboxylic acids is 1. The molecule has 1 saturated carbocycles. The lowest BCUT2D eigenvalue weighted by Crippen LogP contribution is -2.47. The SMILES string of the molecule is C[C@H](C(=O)N1CCC[C@@H]1c1noc(C2CC2)n1)N1CCCCCC1. The lowest BCUT2D eigenvalue weighted by molar-refractivity contribution is -0.137. The molecule has 0 bridgehead atoms. The van der Waals surface area contributed by atoms with Gasteiger partial charge < -0.3 is 9.42 Å². The average molecular weight is 332 g/mol. The van der Waals surface area contributed by atoms with Gasteiger partial charge in [-0.3, -0.25) is 9.69 Å². The van der Waals surface area contributed by atoms with Gasteiger partial charge in [-0.15, -0.1) is 0 Å². The quantitative estimate of drug-likeness (QED) is 0.848. The molecular weight excluding hydrogens is 304 g/mol. The third-order valence-electron chi connectivity index (χ3n) is 5.76. The van der Waals surface area contributed by atoms with E-state index in [4.69, 9.17) is 4.52 Å². The van der Waals surface area contributed by atoms with E-state index in [9.17, 15) is 4.79 Å². The minimum Gasteiger partial charge on any atom is -0.339 e. The fourth-order valence-corrected chi connectivity index (χ4v) is 4.06. The molecule has 4 rings (SSSR count). The van der Waals surface area contributed by atoms with Crippen molar-refractivity contribution in [3.63, 3.8) is 0 Å². The second kappa shape index (κ2) is 6.82. The largest absolute Gasteiger partial charge is 0.339 e. The van der Waals surface area contributed by atoms with Crippen molar-refractivity contribution in [2.45, 2.75) is 76.3 Å². The van der Waals surface area contributed by atoms with Crippen LogP contribution in [0.15, 0.2) is 4.52 Å². The first kappa shape index (κ1) is 16.1. The van der Waals surface area contributed by atoms with Crippen LogP contribution in [0.3, 0.4) is 0 Å². The van der Waals surface area contributed by atoms with Gasteiger partial charge in [-0.05, 0) is 58.5 Å². The van der Waals surface area contributed by atoms with Crippen molar-refractivity contribution in [3.05, 3.63) is 11.7 Å². The van der Waals surface area contributed by atoms with E-state index in [-0.39, 0.29) is 18.0 Å². The highest BCUT2D eigenvalue weighted by molar-refractivity contribution is 5.82. The van der Waals surface area contributed by atoms with Crippen LogP contribution in [0.1, 0.15) is 82.0 Å². The van der Waals surface area contributed by atoms with E-state index in [0.29, 0.717) is 11.7 Å². The smallest absolute Gasteiger partial charge is 0.240 e. The fourth-order valence-electron chi connectivity index (χ4n) is 4.06. The standard InChI is InChI=1S/C18H28N4O2/c1-13(21-10-4-2-3-5-11-21)18(23)22-12-6-7-15(22)16-19-17(24-20-16)14-8-9-14/h13-15H,2-12H2,1H3/t13-,15-/m1/s1. The molecule has 3 aliphatic rings. The van der Waals surface area contributed by atoms with Gasteiger partial charge >= 0.3 is 0 Å². The number of hydrogen-bond donors (Lipinski definition) is 0.